The van der Waals surface area contributed by atoms with Gasteiger partial charge in [-0.05, 0) is 53.6 Å². The second kappa shape index (κ2) is 6.13. The Morgan fingerprint density at radius 3 is 2.00 bits per heavy atom. The van der Waals surface area contributed by atoms with Gasteiger partial charge in [-0.1, -0.05) is 51.1 Å². The molecule has 0 aliphatic carbocycles. The lowest BCUT2D eigenvalue weighted by Crippen LogP contribution is -2.31. The maximum Gasteiger partial charge on any atom is 0.301 e. The van der Waals surface area contributed by atoms with Crippen molar-refractivity contribution < 1.29 is 14.7 Å². The maximum absolute atomic E-state index is 12.9. The number of anilines is 1. The van der Waals surface area contributed by atoms with E-state index in [0.717, 1.165) is 21.6 Å². The molecular formula is C22H23NO3. The summed E-state index contributed by atoms with van der Waals surface area (Å²) in [5, 5.41) is 10.3. The van der Waals surface area contributed by atoms with E-state index in [-0.39, 0.29) is 11.0 Å². The predicted molar refractivity (Wildman–Crippen MR) is 103 cm³/mol. The molecule has 4 nitrogen and oxygen atoms in total. The molecule has 2 aromatic rings. The van der Waals surface area contributed by atoms with E-state index < -0.39 is 17.6 Å². The van der Waals surface area contributed by atoms with E-state index in [2.05, 4.69) is 20.8 Å². The van der Waals surface area contributed by atoms with Crippen molar-refractivity contribution in [3.63, 3.8) is 0 Å². The first-order valence-electron chi connectivity index (χ1n) is 8.61. The molecule has 1 aliphatic heterocycles. The smallest absolute Gasteiger partial charge is 0.301 e. The van der Waals surface area contributed by atoms with E-state index in [9.17, 15) is 14.7 Å². The molecular weight excluding hydrogens is 326 g/mol. The van der Waals surface area contributed by atoms with E-state index in [4.69, 9.17) is 0 Å². The minimum Gasteiger partial charge on any atom is -0.502 e. The second-order valence-electron chi connectivity index (χ2n) is 7.77. The van der Waals surface area contributed by atoms with Gasteiger partial charge in [0.1, 0.15) is 0 Å². The Morgan fingerprint density at radius 2 is 1.46 bits per heavy atom. The number of nitrogens with zero attached hydrogens (tertiary/aromatic N) is 1. The van der Waals surface area contributed by atoms with E-state index in [0.29, 0.717) is 11.3 Å². The number of hydrogen-bond acceptors (Lipinski definition) is 3. The highest BCUT2D eigenvalue weighted by atomic mass is 16.3. The van der Waals surface area contributed by atoms with Crippen molar-refractivity contribution >= 4 is 23.1 Å². The Labute approximate surface area is 153 Å². The minimum atomic E-state index is -0.688. The molecule has 0 saturated heterocycles. The third-order valence-corrected chi connectivity index (χ3v) is 4.85. The quantitative estimate of drug-likeness (QED) is 0.815. The average Bonchev–Trinajstić information content (AvgIpc) is 2.79. The van der Waals surface area contributed by atoms with Crippen molar-refractivity contribution in [2.75, 3.05) is 4.90 Å². The third kappa shape index (κ3) is 2.92. The van der Waals surface area contributed by atoms with Crippen molar-refractivity contribution in [2.24, 2.45) is 0 Å². The highest BCUT2D eigenvalue weighted by Crippen LogP contribution is 2.33. The highest BCUT2D eigenvalue weighted by molar-refractivity contribution is 6.44. The van der Waals surface area contributed by atoms with Crippen LogP contribution in [0.1, 0.15) is 43.0 Å². The number of carbonyl (C=O) groups is 2. The fourth-order valence-electron chi connectivity index (χ4n) is 3.02. The van der Waals surface area contributed by atoms with Crippen LogP contribution in [0.2, 0.25) is 0 Å². The molecule has 2 aromatic carbocycles. The van der Waals surface area contributed by atoms with Gasteiger partial charge in [0.05, 0.1) is 11.3 Å². The number of imide groups is 1. The first-order chi connectivity index (χ1) is 12.1. The molecule has 26 heavy (non-hydrogen) atoms. The van der Waals surface area contributed by atoms with Crippen LogP contribution in [0.3, 0.4) is 0 Å². The zero-order valence-corrected chi connectivity index (χ0v) is 15.8. The van der Waals surface area contributed by atoms with E-state index >= 15 is 0 Å². The lowest BCUT2D eigenvalue weighted by molar-refractivity contribution is -0.121. The molecule has 134 valence electrons. The van der Waals surface area contributed by atoms with Crippen LogP contribution in [0.15, 0.2) is 48.2 Å². The number of aliphatic hydroxyl groups is 1. The number of benzene rings is 2. The molecule has 1 N–H and O–H groups in total. The SMILES string of the molecule is Cc1ccc(C2=C(O)C(=O)N(c3ccc(C(C)(C)C)cc3)C2=O)cc1C. The predicted octanol–water partition coefficient (Wildman–Crippen LogP) is 4.44. The number of aryl methyl sites for hydroxylation is 2. The zero-order valence-electron chi connectivity index (χ0n) is 15.8. The summed E-state index contributed by atoms with van der Waals surface area (Å²) in [5.41, 5.74) is 4.22. The lowest BCUT2D eigenvalue weighted by atomic mass is 9.87. The molecule has 1 aliphatic rings. The fourth-order valence-corrected chi connectivity index (χ4v) is 3.02. The van der Waals surface area contributed by atoms with E-state index in [1.54, 1.807) is 18.2 Å². The van der Waals surface area contributed by atoms with Gasteiger partial charge in [-0.2, -0.15) is 0 Å². The van der Waals surface area contributed by atoms with Gasteiger partial charge in [0.2, 0.25) is 0 Å². The number of carbonyl (C=O) groups excluding carboxylic acids is 2. The van der Waals surface area contributed by atoms with Crippen LogP contribution in [-0.2, 0) is 15.0 Å². The molecule has 0 fully saturated rings. The summed E-state index contributed by atoms with van der Waals surface area (Å²) in [7, 11) is 0. The molecule has 3 rings (SSSR count). The molecule has 4 heteroatoms. The maximum atomic E-state index is 12.9. The van der Waals surface area contributed by atoms with Crippen molar-refractivity contribution in [1.29, 1.82) is 0 Å². The summed E-state index contributed by atoms with van der Waals surface area (Å²) in [4.78, 5) is 26.5. The topological polar surface area (TPSA) is 57.6 Å². The van der Waals surface area contributed by atoms with Crippen LogP contribution in [0.25, 0.3) is 5.57 Å². The number of amides is 2. The number of rotatable bonds is 2. The summed E-state index contributed by atoms with van der Waals surface area (Å²) >= 11 is 0. The lowest BCUT2D eigenvalue weighted by Gasteiger charge is -2.21. The van der Waals surface area contributed by atoms with Crippen LogP contribution < -0.4 is 4.90 Å². The largest absolute Gasteiger partial charge is 0.502 e. The van der Waals surface area contributed by atoms with Gasteiger partial charge < -0.3 is 5.11 Å². The summed E-state index contributed by atoms with van der Waals surface area (Å²) < 4.78 is 0. The summed E-state index contributed by atoms with van der Waals surface area (Å²) in [6.07, 6.45) is 0. The van der Waals surface area contributed by atoms with Crippen molar-refractivity contribution in [3.05, 3.63) is 70.5 Å². The normalized spacial score (nSPS) is 15.2. The Bertz CT molecular complexity index is 931. The van der Waals surface area contributed by atoms with E-state index in [1.807, 2.05) is 38.1 Å². The van der Waals surface area contributed by atoms with Crippen LogP contribution in [0.4, 0.5) is 5.69 Å². The fraction of sp³-hybridized carbons (Fsp3) is 0.273. The number of aliphatic hydroxyl groups excluding tert-OH is 1. The Hall–Kier alpha value is -2.88. The molecule has 0 bridgehead atoms. The first kappa shape index (κ1) is 17.9. The van der Waals surface area contributed by atoms with Crippen LogP contribution in [0, 0.1) is 13.8 Å². The standard InChI is InChI=1S/C22H23NO3/c1-13-6-7-15(12-14(13)2)18-19(24)21(26)23(20(18)25)17-10-8-16(9-11-17)22(3,4)5/h6-12,24H,1-5H3. The molecule has 1 heterocycles. The van der Waals surface area contributed by atoms with Crippen LogP contribution >= 0.6 is 0 Å². The van der Waals surface area contributed by atoms with Gasteiger partial charge in [-0.15, -0.1) is 0 Å². The summed E-state index contributed by atoms with van der Waals surface area (Å²) in [6, 6.07) is 12.7. The van der Waals surface area contributed by atoms with Gasteiger partial charge >= 0.3 is 5.91 Å². The van der Waals surface area contributed by atoms with Crippen molar-refractivity contribution in [2.45, 2.75) is 40.0 Å². The van der Waals surface area contributed by atoms with Crippen molar-refractivity contribution in [3.8, 4) is 0 Å². The number of hydrogen-bond donors (Lipinski definition) is 1. The molecule has 0 aromatic heterocycles. The Kier molecular flexibility index (Phi) is 4.23. The highest BCUT2D eigenvalue weighted by Gasteiger charge is 2.40. The van der Waals surface area contributed by atoms with Gasteiger partial charge in [0.15, 0.2) is 5.76 Å². The van der Waals surface area contributed by atoms with Crippen molar-refractivity contribution in [1.82, 2.24) is 0 Å². The third-order valence-electron chi connectivity index (χ3n) is 4.85. The Balaban J connectivity index is 1.99. The summed E-state index contributed by atoms with van der Waals surface area (Å²) in [6.45, 7) is 10.2. The minimum absolute atomic E-state index is 0.0253. The molecule has 0 radical (unpaired) electrons. The van der Waals surface area contributed by atoms with E-state index in [1.165, 1.54) is 0 Å². The van der Waals surface area contributed by atoms with Crippen LogP contribution in [0.5, 0.6) is 0 Å². The molecule has 0 saturated carbocycles. The van der Waals surface area contributed by atoms with Gasteiger partial charge in [-0.3, -0.25) is 9.59 Å². The Morgan fingerprint density at radius 1 is 0.846 bits per heavy atom. The van der Waals surface area contributed by atoms with Gasteiger partial charge in [0, 0.05) is 0 Å². The molecule has 2 amide bonds. The molecule has 0 atom stereocenters. The molecule has 0 unspecified atom stereocenters. The average molecular weight is 349 g/mol. The first-order valence-corrected chi connectivity index (χ1v) is 8.61. The van der Waals surface area contributed by atoms with Crippen LogP contribution in [-0.4, -0.2) is 16.9 Å². The summed E-state index contributed by atoms with van der Waals surface area (Å²) in [5.74, 6) is -1.69. The van der Waals surface area contributed by atoms with Gasteiger partial charge in [0.25, 0.3) is 5.91 Å². The monoisotopic (exact) mass is 349 g/mol. The van der Waals surface area contributed by atoms with Gasteiger partial charge in [-0.25, -0.2) is 4.90 Å². The zero-order chi connectivity index (χ0) is 19.2. The second-order valence-corrected chi connectivity index (χ2v) is 7.77. The molecule has 0 spiro atoms.